The standard InChI is InChI=1S/C5H13N2OP/c9-4-5-3-7-6-1-2-8-5/h5-7H,1-4,9H2. The van der Waals surface area contributed by atoms with Crippen LogP contribution >= 0.6 is 9.24 Å². The van der Waals surface area contributed by atoms with Crippen molar-refractivity contribution >= 4 is 9.24 Å². The first kappa shape index (κ1) is 7.42. The van der Waals surface area contributed by atoms with E-state index in [2.05, 4.69) is 20.1 Å². The average Bonchev–Trinajstić information content (AvgIpc) is 2.13. The molecule has 0 aromatic rings. The van der Waals surface area contributed by atoms with Crippen LogP contribution in [0.3, 0.4) is 0 Å². The van der Waals surface area contributed by atoms with E-state index in [-0.39, 0.29) is 0 Å². The van der Waals surface area contributed by atoms with Crippen LogP contribution in [-0.2, 0) is 4.74 Å². The number of hydrogen-bond acceptors (Lipinski definition) is 3. The largest absolute Gasteiger partial charge is 0.375 e. The van der Waals surface area contributed by atoms with Crippen LogP contribution in [-0.4, -0.2) is 32.0 Å². The van der Waals surface area contributed by atoms with E-state index >= 15 is 0 Å². The summed E-state index contributed by atoms with van der Waals surface area (Å²) in [4.78, 5) is 0. The molecule has 4 heteroatoms. The van der Waals surface area contributed by atoms with Gasteiger partial charge in [-0.25, -0.2) is 0 Å². The molecule has 0 aromatic carbocycles. The number of nitrogens with one attached hydrogen (secondary N) is 2. The Morgan fingerprint density at radius 3 is 3.22 bits per heavy atom. The Morgan fingerprint density at radius 2 is 2.44 bits per heavy atom. The van der Waals surface area contributed by atoms with Crippen molar-refractivity contribution in [1.82, 2.24) is 10.9 Å². The van der Waals surface area contributed by atoms with Crippen molar-refractivity contribution in [3.8, 4) is 0 Å². The molecule has 0 spiro atoms. The third-order valence-electron chi connectivity index (χ3n) is 1.30. The number of ether oxygens (including phenoxy) is 1. The zero-order valence-corrected chi connectivity index (χ0v) is 6.55. The molecule has 1 aliphatic rings. The summed E-state index contributed by atoms with van der Waals surface area (Å²) in [7, 11) is 2.68. The molecule has 0 aliphatic carbocycles. The molecule has 9 heavy (non-hydrogen) atoms. The van der Waals surface area contributed by atoms with Crippen LogP contribution in [0.2, 0.25) is 0 Å². The molecule has 0 amide bonds. The van der Waals surface area contributed by atoms with E-state index in [0.29, 0.717) is 6.10 Å². The van der Waals surface area contributed by atoms with Gasteiger partial charge in [-0.3, -0.25) is 10.9 Å². The Kier molecular flexibility index (Phi) is 3.44. The van der Waals surface area contributed by atoms with Crippen LogP contribution in [0.25, 0.3) is 0 Å². The fourth-order valence-electron chi connectivity index (χ4n) is 0.761. The predicted molar refractivity (Wildman–Crippen MR) is 40.3 cm³/mol. The maximum Gasteiger partial charge on any atom is 0.0748 e. The molecule has 1 fully saturated rings. The van der Waals surface area contributed by atoms with Crippen LogP contribution in [0, 0.1) is 0 Å². The van der Waals surface area contributed by atoms with E-state index in [1.54, 1.807) is 0 Å². The molecule has 2 unspecified atom stereocenters. The Hall–Kier alpha value is 0.310. The van der Waals surface area contributed by atoms with Crippen molar-refractivity contribution in [1.29, 1.82) is 0 Å². The lowest BCUT2D eigenvalue weighted by Gasteiger charge is -2.09. The van der Waals surface area contributed by atoms with Gasteiger partial charge >= 0.3 is 0 Å². The van der Waals surface area contributed by atoms with Gasteiger partial charge < -0.3 is 4.74 Å². The van der Waals surface area contributed by atoms with E-state index in [0.717, 1.165) is 25.9 Å². The predicted octanol–water partition coefficient (Wildman–Crippen LogP) is -0.646. The fraction of sp³-hybridized carbons (Fsp3) is 1.00. The number of hydrogen-bond donors (Lipinski definition) is 2. The summed E-state index contributed by atoms with van der Waals surface area (Å²) in [5, 5.41) is 0. The molecule has 2 N–H and O–H groups in total. The van der Waals surface area contributed by atoms with Gasteiger partial charge in [-0.05, 0) is 6.16 Å². The monoisotopic (exact) mass is 148 g/mol. The van der Waals surface area contributed by atoms with Gasteiger partial charge in [0.2, 0.25) is 0 Å². The Labute approximate surface area is 57.7 Å². The molecule has 1 rings (SSSR count). The van der Waals surface area contributed by atoms with Gasteiger partial charge in [0, 0.05) is 13.1 Å². The minimum atomic E-state index is 0.366. The van der Waals surface area contributed by atoms with Crippen molar-refractivity contribution in [2.75, 3.05) is 25.9 Å². The molecule has 0 saturated carbocycles. The van der Waals surface area contributed by atoms with Gasteiger partial charge in [-0.1, -0.05) is 0 Å². The molecule has 0 bridgehead atoms. The average molecular weight is 148 g/mol. The van der Waals surface area contributed by atoms with Gasteiger partial charge in [0.15, 0.2) is 0 Å². The van der Waals surface area contributed by atoms with E-state index < -0.39 is 0 Å². The number of rotatable bonds is 1. The topological polar surface area (TPSA) is 33.3 Å². The molecule has 1 saturated heterocycles. The normalized spacial score (nSPS) is 29.7. The first-order valence-corrected chi connectivity index (χ1v) is 4.02. The Morgan fingerprint density at radius 1 is 1.56 bits per heavy atom. The van der Waals surface area contributed by atoms with Crippen LogP contribution in [0.5, 0.6) is 0 Å². The second kappa shape index (κ2) is 4.18. The van der Waals surface area contributed by atoms with E-state index in [4.69, 9.17) is 4.74 Å². The van der Waals surface area contributed by atoms with Crippen molar-refractivity contribution in [2.45, 2.75) is 6.10 Å². The number of hydrazine groups is 1. The highest BCUT2D eigenvalue weighted by atomic mass is 31.0. The van der Waals surface area contributed by atoms with E-state index in [1.165, 1.54) is 0 Å². The Balaban J connectivity index is 2.18. The van der Waals surface area contributed by atoms with E-state index in [1.807, 2.05) is 0 Å². The van der Waals surface area contributed by atoms with Gasteiger partial charge in [0.05, 0.1) is 12.7 Å². The zero-order valence-electron chi connectivity index (χ0n) is 5.39. The van der Waals surface area contributed by atoms with Gasteiger partial charge in [0.25, 0.3) is 0 Å². The third-order valence-corrected chi connectivity index (χ3v) is 1.82. The van der Waals surface area contributed by atoms with Crippen LogP contribution in [0.15, 0.2) is 0 Å². The summed E-state index contributed by atoms with van der Waals surface area (Å²) in [6.45, 7) is 2.62. The van der Waals surface area contributed by atoms with Crippen LogP contribution in [0.4, 0.5) is 0 Å². The second-order valence-electron chi connectivity index (χ2n) is 2.04. The maximum atomic E-state index is 5.41. The smallest absolute Gasteiger partial charge is 0.0748 e. The minimum absolute atomic E-state index is 0.366. The van der Waals surface area contributed by atoms with Crippen molar-refractivity contribution < 1.29 is 4.74 Å². The summed E-state index contributed by atoms with van der Waals surface area (Å²) in [6.07, 6.45) is 1.37. The zero-order chi connectivity index (χ0) is 6.53. The molecule has 1 aliphatic heterocycles. The lowest BCUT2D eigenvalue weighted by atomic mass is 10.4. The van der Waals surface area contributed by atoms with Crippen molar-refractivity contribution in [3.05, 3.63) is 0 Å². The first-order chi connectivity index (χ1) is 4.43. The summed E-state index contributed by atoms with van der Waals surface area (Å²) in [6, 6.07) is 0. The summed E-state index contributed by atoms with van der Waals surface area (Å²) < 4.78 is 5.41. The first-order valence-electron chi connectivity index (χ1n) is 3.21. The molecule has 2 atom stereocenters. The van der Waals surface area contributed by atoms with Crippen LogP contribution < -0.4 is 10.9 Å². The van der Waals surface area contributed by atoms with Gasteiger partial charge in [-0.2, -0.15) is 0 Å². The highest BCUT2D eigenvalue weighted by Gasteiger charge is 2.07. The highest BCUT2D eigenvalue weighted by Crippen LogP contribution is 1.96. The second-order valence-corrected chi connectivity index (χ2v) is 2.51. The Bertz CT molecular complexity index is 73.4. The molecule has 3 nitrogen and oxygen atoms in total. The fourth-order valence-corrected chi connectivity index (χ4v) is 1.06. The highest BCUT2D eigenvalue weighted by molar-refractivity contribution is 7.16. The third kappa shape index (κ3) is 2.59. The van der Waals surface area contributed by atoms with E-state index in [9.17, 15) is 0 Å². The quantitative estimate of drug-likeness (QED) is 0.485. The maximum absolute atomic E-state index is 5.41. The molecule has 54 valence electrons. The van der Waals surface area contributed by atoms with Crippen molar-refractivity contribution in [2.24, 2.45) is 0 Å². The van der Waals surface area contributed by atoms with Gasteiger partial charge in [-0.15, -0.1) is 9.24 Å². The molecule has 0 radical (unpaired) electrons. The lowest BCUT2D eigenvalue weighted by Crippen LogP contribution is -2.35. The molecule has 1 heterocycles. The molecular formula is C5H13N2OP. The van der Waals surface area contributed by atoms with Crippen LogP contribution in [0.1, 0.15) is 0 Å². The van der Waals surface area contributed by atoms with Crippen molar-refractivity contribution in [3.63, 3.8) is 0 Å². The van der Waals surface area contributed by atoms with Gasteiger partial charge in [0.1, 0.15) is 0 Å². The summed E-state index contributed by atoms with van der Waals surface area (Å²) >= 11 is 0. The molecule has 0 aromatic heterocycles. The minimum Gasteiger partial charge on any atom is -0.375 e. The summed E-state index contributed by atoms with van der Waals surface area (Å²) in [5.74, 6) is 0. The lowest BCUT2D eigenvalue weighted by molar-refractivity contribution is 0.0885. The SMILES string of the molecule is PCC1CNNCCO1. The molecular weight excluding hydrogens is 135 g/mol. The summed E-state index contributed by atoms with van der Waals surface area (Å²) in [5.41, 5.74) is 6.09.